The van der Waals surface area contributed by atoms with E-state index < -0.39 is 11.8 Å². The number of ether oxygens (including phenoxy) is 2. The van der Waals surface area contributed by atoms with E-state index in [9.17, 15) is 9.59 Å². The first-order valence-electron chi connectivity index (χ1n) is 10.5. The van der Waals surface area contributed by atoms with E-state index in [1.165, 1.54) is 5.01 Å². The number of carbonyl (C=O) groups excluding carboxylic acids is 2. The molecule has 1 aliphatic rings. The van der Waals surface area contributed by atoms with Crippen molar-refractivity contribution in [3.63, 3.8) is 0 Å². The fourth-order valence-corrected chi connectivity index (χ4v) is 3.34. The van der Waals surface area contributed by atoms with E-state index in [2.05, 4.69) is 5.43 Å². The topological polar surface area (TPSA) is 67.9 Å². The van der Waals surface area contributed by atoms with Crippen molar-refractivity contribution in [2.24, 2.45) is 0 Å². The summed E-state index contributed by atoms with van der Waals surface area (Å²) in [4.78, 5) is 25.2. The molecule has 32 heavy (non-hydrogen) atoms. The first-order valence-corrected chi connectivity index (χ1v) is 10.5. The Morgan fingerprint density at radius 1 is 0.875 bits per heavy atom. The molecule has 162 valence electrons. The average molecular weight is 428 g/mol. The van der Waals surface area contributed by atoms with Crippen LogP contribution in [0.2, 0.25) is 0 Å². The third kappa shape index (κ3) is 4.98. The minimum Gasteiger partial charge on any atom is -0.493 e. The predicted molar refractivity (Wildman–Crippen MR) is 123 cm³/mol. The van der Waals surface area contributed by atoms with Crippen molar-refractivity contribution in [2.45, 2.75) is 13.3 Å². The lowest BCUT2D eigenvalue weighted by atomic mass is 10.1. The number of nitrogens with one attached hydrogen (secondary N) is 1. The van der Waals surface area contributed by atoms with E-state index in [4.69, 9.17) is 9.47 Å². The molecule has 0 bridgehead atoms. The second-order valence-electron chi connectivity index (χ2n) is 7.38. The van der Waals surface area contributed by atoms with Crippen molar-refractivity contribution in [2.75, 3.05) is 18.2 Å². The molecular weight excluding hydrogens is 404 g/mol. The van der Waals surface area contributed by atoms with Crippen molar-refractivity contribution in [3.8, 4) is 11.5 Å². The monoisotopic (exact) mass is 428 g/mol. The molecule has 1 N–H and O–H groups in total. The summed E-state index contributed by atoms with van der Waals surface area (Å²) in [5, 5.41) is 1.25. The Morgan fingerprint density at radius 3 is 2.44 bits per heavy atom. The second-order valence-corrected chi connectivity index (χ2v) is 7.38. The number of anilines is 1. The second kappa shape index (κ2) is 9.83. The molecule has 1 aliphatic heterocycles. The zero-order valence-electron chi connectivity index (χ0n) is 17.8. The zero-order valence-corrected chi connectivity index (χ0v) is 17.8. The minimum atomic E-state index is -0.444. The summed E-state index contributed by atoms with van der Waals surface area (Å²) in [5.41, 5.74) is 5.09. The van der Waals surface area contributed by atoms with Gasteiger partial charge in [-0.25, -0.2) is 5.01 Å². The van der Waals surface area contributed by atoms with Crippen LogP contribution in [0, 0.1) is 6.92 Å². The van der Waals surface area contributed by atoms with E-state index in [0.717, 1.165) is 11.3 Å². The normalized spacial score (nSPS) is 14.5. The van der Waals surface area contributed by atoms with Gasteiger partial charge in [-0.3, -0.25) is 15.0 Å². The van der Waals surface area contributed by atoms with Gasteiger partial charge < -0.3 is 9.47 Å². The van der Waals surface area contributed by atoms with Crippen molar-refractivity contribution in [1.82, 2.24) is 5.43 Å². The van der Waals surface area contributed by atoms with E-state index in [-0.39, 0.29) is 5.57 Å². The van der Waals surface area contributed by atoms with Crippen LogP contribution in [-0.4, -0.2) is 25.0 Å². The van der Waals surface area contributed by atoms with Gasteiger partial charge in [-0.05, 0) is 48.9 Å². The summed E-state index contributed by atoms with van der Waals surface area (Å²) in [6, 6.07) is 24.2. The molecule has 0 radical (unpaired) electrons. The predicted octanol–water partition coefficient (Wildman–Crippen LogP) is 4.30. The third-order valence-electron chi connectivity index (χ3n) is 4.93. The molecule has 3 aromatic rings. The number of carbonyl (C=O) groups is 2. The van der Waals surface area contributed by atoms with Crippen LogP contribution >= 0.6 is 0 Å². The summed E-state index contributed by atoms with van der Waals surface area (Å²) in [7, 11) is 0. The molecule has 1 heterocycles. The number of aryl methyl sites for hydroxylation is 1. The molecule has 3 aromatic carbocycles. The fourth-order valence-electron chi connectivity index (χ4n) is 3.34. The Morgan fingerprint density at radius 2 is 1.62 bits per heavy atom. The van der Waals surface area contributed by atoms with Crippen molar-refractivity contribution in [1.29, 1.82) is 0 Å². The maximum Gasteiger partial charge on any atom is 0.282 e. The van der Waals surface area contributed by atoms with Gasteiger partial charge in [-0.1, -0.05) is 48.5 Å². The number of rotatable bonds is 8. The highest BCUT2D eigenvalue weighted by Crippen LogP contribution is 2.25. The molecule has 0 aliphatic carbocycles. The van der Waals surface area contributed by atoms with Gasteiger partial charge in [0.25, 0.3) is 11.8 Å². The molecule has 0 atom stereocenters. The van der Waals surface area contributed by atoms with Crippen LogP contribution in [0.25, 0.3) is 6.08 Å². The van der Waals surface area contributed by atoms with Gasteiger partial charge in [-0.2, -0.15) is 0 Å². The molecule has 1 saturated heterocycles. The molecule has 6 nitrogen and oxygen atoms in total. The molecular formula is C26H24N2O4. The molecule has 0 spiro atoms. The highest BCUT2D eigenvalue weighted by molar-refractivity contribution is 6.31. The van der Waals surface area contributed by atoms with Crippen LogP contribution in [-0.2, 0) is 9.59 Å². The van der Waals surface area contributed by atoms with Crippen molar-refractivity contribution in [3.05, 3.63) is 95.6 Å². The number of amides is 2. The van der Waals surface area contributed by atoms with E-state index in [1.807, 2.05) is 73.7 Å². The molecule has 0 unspecified atom stereocenters. The number of benzene rings is 3. The first-order chi connectivity index (χ1) is 15.6. The third-order valence-corrected chi connectivity index (χ3v) is 4.93. The van der Waals surface area contributed by atoms with Gasteiger partial charge in [0.1, 0.15) is 17.1 Å². The van der Waals surface area contributed by atoms with Gasteiger partial charge >= 0.3 is 0 Å². The Labute approximate surface area is 187 Å². The summed E-state index contributed by atoms with van der Waals surface area (Å²) >= 11 is 0. The van der Waals surface area contributed by atoms with Crippen LogP contribution < -0.4 is 19.9 Å². The van der Waals surface area contributed by atoms with E-state index in [1.54, 1.807) is 18.2 Å². The molecule has 0 saturated carbocycles. The average Bonchev–Trinajstić information content (AvgIpc) is 3.09. The Kier molecular flexibility index (Phi) is 6.51. The van der Waals surface area contributed by atoms with E-state index in [0.29, 0.717) is 36.6 Å². The summed E-state index contributed by atoms with van der Waals surface area (Å²) in [5.74, 6) is 0.598. The maximum absolute atomic E-state index is 12.8. The SMILES string of the molecule is Cc1cccc(OCCCOc2ccccc2/C=C2/C(=O)NN(c3ccccc3)C2=O)c1. The highest BCUT2D eigenvalue weighted by Gasteiger charge is 2.34. The van der Waals surface area contributed by atoms with Crippen LogP contribution in [0.15, 0.2) is 84.4 Å². The van der Waals surface area contributed by atoms with Gasteiger partial charge in [-0.15, -0.1) is 0 Å². The molecule has 6 heteroatoms. The number of hydrazine groups is 1. The number of para-hydroxylation sites is 2. The standard InChI is InChI=1S/C26H24N2O4/c1-19-9-7-13-22(17-19)31-15-8-16-32-24-14-6-5-10-20(24)18-23-25(29)27-28(26(23)30)21-11-3-2-4-12-21/h2-7,9-14,17-18H,8,15-16H2,1H3,(H,27,29)/b23-18-. The van der Waals surface area contributed by atoms with E-state index >= 15 is 0 Å². The van der Waals surface area contributed by atoms with Gasteiger partial charge in [0.15, 0.2) is 0 Å². The molecule has 0 aromatic heterocycles. The zero-order chi connectivity index (χ0) is 22.3. The van der Waals surface area contributed by atoms with Crippen LogP contribution in [0.5, 0.6) is 11.5 Å². The first kappa shape index (κ1) is 21.2. The fraction of sp³-hybridized carbons (Fsp3) is 0.154. The Hall–Kier alpha value is -4.06. The molecule has 4 rings (SSSR count). The van der Waals surface area contributed by atoms with Gasteiger partial charge in [0, 0.05) is 12.0 Å². The van der Waals surface area contributed by atoms with Crippen LogP contribution in [0.1, 0.15) is 17.5 Å². The minimum absolute atomic E-state index is 0.0627. The summed E-state index contributed by atoms with van der Waals surface area (Å²) in [6.07, 6.45) is 2.26. The number of hydrogen-bond donors (Lipinski definition) is 1. The summed E-state index contributed by atoms with van der Waals surface area (Å²) < 4.78 is 11.7. The maximum atomic E-state index is 12.8. The lowest BCUT2D eigenvalue weighted by molar-refractivity contribution is -0.117. The Bertz CT molecular complexity index is 1140. The molecule has 1 fully saturated rings. The quantitative estimate of drug-likeness (QED) is 0.330. The number of nitrogens with zero attached hydrogens (tertiary/aromatic N) is 1. The smallest absolute Gasteiger partial charge is 0.282 e. The van der Waals surface area contributed by atoms with Gasteiger partial charge in [0.05, 0.1) is 18.9 Å². The van der Waals surface area contributed by atoms with Gasteiger partial charge in [0.2, 0.25) is 0 Å². The number of hydrogen-bond acceptors (Lipinski definition) is 4. The van der Waals surface area contributed by atoms with Crippen LogP contribution in [0.4, 0.5) is 5.69 Å². The molecule has 2 amide bonds. The Balaban J connectivity index is 1.39. The van der Waals surface area contributed by atoms with Crippen molar-refractivity contribution < 1.29 is 19.1 Å². The largest absolute Gasteiger partial charge is 0.493 e. The van der Waals surface area contributed by atoms with Crippen molar-refractivity contribution >= 4 is 23.6 Å². The lowest BCUT2D eigenvalue weighted by Gasteiger charge is -2.14. The highest BCUT2D eigenvalue weighted by atomic mass is 16.5. The lowest BCUT2D eigenvalue weighted by Crippen LogP contribution is -2.35. The van der Waals surface area contributed by atoms with Crippen LogP contribution in [0.3, 0.4) is 0 Å². The summed E-state index contributed by atoms with van der Waals surface area (Å²) in [6.45, 7) is 3.00.